The van der Waals surface area contributed by atoms with Crippen LogP contribution in [-0.4, -0.2) is 23.9 Å². The molecule has 0 aliphatic carbocycles. The van der Waals surface area contributed by atoms with Crippen LogP contribution in [0.5, 0.6) is 0 Å². The molecule has 1 aromatic rings. The van der Waals surface area contributed by atoms with Crippen LogP contribution in [-0.2, 0) is 0 Å². The number of benzene rings is 1. The van der Waals surface area contributed by atoms with Crippen molar-refractivity contribution in [3.63, 3.8) is 0 Å². The zero-order valence-corrected chi connectivity index (χ0v) is 12.3. The number of hydrogen-bond donors (Lipinski definition) is 0. The second-order valence-corrected chi connectivity index (χ2v) is 5.17. The van der Waals surface area contributed by atoms with Crippen molar-refractivity contribution in [2.45, 2.75) is 47.0 Å². The van der Waals surface area contributed by atoms with Gasteiger partial charge in [-0.25, -0.2) is 0 Å². The summed E-state index contributed by atoms with van der Waals surface area (Å²) in [5.41, 5.74) is 3.23. The zero-order valence-electron chi connectivity index (χ0n) is 12.3. The molecule has 0 spiro atoms. The van der Waals surface area contributed by atoms with Crippen LogP contribution in [0.4, 0.5) is 0 Å². The minimum Gasteiger partial charge on any atom is -0.339 e. The van der Waals surface area contributed by atoms with Crippen molar-refractivity contribution >= 4 is 5.91 Å². The number of carbonyl (C=O) groups excluding carboxylic acids is 1. The molecule has 0 heterocycles. The molecule has 1 aromatic carbocycles. The van der Waals surface area contributed by atoms with E-state index in [0.29, 0.717) is 5.92 Å². The Labute approximate surface area is 111 Å². The van der Waals surface area contributed by atoms with Crippen molar-refractivity contribution < 1.29 is 4.79 Å². The van der Waals surface area contributed by atoms with Gasteiger partial charge in [0.1, 0.15) is 0 Å². The van der Waals surface area contributed by atoms with E-state index in [1.165, 1.54) is 5.56 Å². The maximum Gasteiger partial charge on any atom is 0.253 e. The Balaban J connectivity index is 3.04. The van der Waals surface area contributed by atoms with E-state index in [1.807, 2.05) is 24.0 Å². The van der Waals surface area contributed by atoms with E-state index >= 15 is 0 Å². The molecule has 0 saturated carbocycles. The van der Waals surface area contributed by atoms with Crippen LogP contribution in [0.2, 0.25) is 0 Å². The predicted molar refractivity (Wildman–Crippen MR) is 77.1 cm³/mol. The van der Waals surface area contributed by atoms with E-state index in [2.05, 4.69) is 33.8 Å². The summed E-state index contributed by atoms with van der Waals surface area (Å²) >= 11 is 0. The van der Waals surface area contributed by atoms with Crippen molar-refractivity contribution in [2.24, 2.45) is 0 Å². The molecule has 0 radical (unpaired) electrons. The summed E-state index contributed by atoms with van der Waals surface area (Å²) < 4.78 is 0. The highest BCUT2D eigenvalue weighted by Gasteiger charge is 2.14. The van der Waals surface area contributed by atoms with Crippen molar-refractivity contribution in [3.8, 4) is 0 Å². The number of aryl methyl sites for hydroxylation is 1. The van der Waals surface area contributed by atoms with Crippen LogP contribution >= 0.6 is 0 Å². The van der Waals surface area contributed by atoms with Gasteiger partial charge in [0.25, 0.3) is 5.91 Å². The molecular weight excluding hydrogens is 222 g/mol. The quantitative estimate of drug-likeness (QED) is 0.770. The highest BCUT2D eigenvalue weighted by atomic mass is 16.2. The molecule has 2 heteroatoms. The first-order chi connectivity index (χ1) is 8.49. The van der Waals surface area contributed by atoms with Crippen LogP contribution in [0.1, 0.15) is 61.5 Å². The topological polar surface area (TPSA) is 20.3 Å². The molecule has 1 rings (SSSR count). The van der Waals surface area contributed by atoms with Gasteiger partial charge in [0.2, 0.25) is 0 Å². The molecule has 2 nitrogen and oxygen atoms in total. The monoisotopic (exact) mass is 247 g/mol. The largest absolute Gasteiger partial charge is 0.339 e. The normalized spacial score (nSPS) is 10.8. The van der Waals surface area contributed by atoms with Crippen LogP contribution in [0.3, 0.4) is 0 Å². The number of carbonyl (C=O) groups is 1. The lowest BCUT2D eigenvalue weighted by molar-refractivity contribution is 0.0764. The summed E-state index contributed by atoms with van der Waals surface area (Å²) in [6.45, 7) is 12.1. The van der Waals surface area contributed by atoms with Crippen LogP contribution in [0.25, 0.3) is 0 Å². The van der Waals surface area contributed by atoms with Crippen molar-refractivity contribution in [2.75, 3.05) is 13.1 Å². The molecule has 100 valence electrons. The third-order valence-electron chi connectivity index (χ3n) is 3.18. The highest BCUT2D eigenvalue weighted by molar-refractivity contribution is 5.94. The van der Waals surface area contributed by atoms with Gasteiger partial charge in [-0.05, 0) is 43.9 Å². The average molecular weight is 247 g/mol. The van der Waals surface area contributed by atoms with E-state index < -0.39 is 0 Å². The summed E-state index contributed by atoms with van der Waals surface area (Å²) in [7, 11) is 0. The fourth-order valence-corrected chi connectivity index (χ4v) is 2.13. The van der Waals surface area contributed by atoms with Crippen molar-refractivity contribution in [3.05, 3.63) is 34.9 Å². The Kier molecular flexibility index (Phi) is 5.39. The predicted octanol–water partition coefficient (Wildman–Crippen LogP) is 3.99. The standard InChI is InChI=1S/C16H25NO/c1-6-8-17(7-2)16(18)15-10-13(5)9-14(11-15)12(3)4/h9-12H,6-8H2,1-5H3. The molecule has 18 heavy (non-hydrogen) atoms. The van der Waals surface area contributed by atoms with Gasteiger partial charge in [-0.2, -0.15) is 0 Å². The third-order valence-corrected chi connectivity index (χ3v) is 3.18. The van der Waals surface area contributed by atoms with Crippen molar-refractivity contribution in [1.29, 1.82) is 0 Å². The number of hydrogen-bond acceptors (Lipinski definition) is 1. The minimum atomic E-state index is 0.157. The van der Waals surface area contributed by atoms with E-state index in [9.17, 15) is 4.79 Å². The molecule has 0 atom stereocenters. The maximum absolute atomic E-state index is 12.4. The summed E-state index contributed by atoms with van der Waals surface area (Å²) in [5.74, 6) is 0.614. The summed E-state index contributed by atoms with van der Waals surface area (Å²) in [6.07, 6.45) is 1.00. The molecule has 0 bridgehead atoms. The van der Waals surface area contributed by atoms with Crippen LogP contribution < -0.4 is 0 Å². The Morgan fingerprint density at radius 2 is 1.89 bits per heavy atom. The Hall–Kier alpha value is -1.31. The average Bonchev–Trinajstić information content (AvgIpc) is 2.34. The van der Waals surface area contributed by atoms with Gasteiger partial charge in [-0.3, -0.25) is 4.79 Å². The second-order valence-electron chi connectivity index (χ2n) is 5.17. The van der Waals surface area contributed by atoms with Gasteiger partial charge < -0.3 is 4.90 Å². The van der Waals surface area contributed by atoms with E-state index in [4.69, 9.17) is 0 Å². The lowest BCUT2D eigenvalue weighted by Crippen LogP contribution is -2.31. The van der Waals surface area contributed by atoms with Crippen LogP contribution in [0, 0.1) is 6.92 Å². The Morgan fingerprint density at radius 3 is 2.39 bits per heavy atom. The lowest BCUT2D eigenvalue weighted by Gasteiger charge is -2.21. The molecular formula is C16H25NO. The lowest BCUT2D eigenvalue weighted by atomic mass is 9.97. The van der Waals surface area contributed by atoms with Crippen LogP contribution in [0.15, 0.2) is 18.2 Å². The first-order valence-electron chi connectivity index (χ1n) is 6.90. The highest BCUT2D eigenvalue weighted by Crippen LogP contribution is 2.19. The first-order valence-corrected chi connectivity index (χ1v) is 6.90. The molecule has 0 aliphatic rings. The van der Waals surface area contributed by atoms with Gasteiger partial charge in [0.15, 0.2) is 0 Å². The number of nitrogens with zero attached hydrogens (tertiary/aromatic N) is 1. The van der Waals surface area contributed by atoms with Crippen molar-refractivity contribution in [1.82, 2.24) is 4.90 Å². The summed E-state index contributed by atoms with van der Waals surface area (Å²) in [4.78, 5) is 14.3. The van der Waals surface area contributed by atoms with Gasteiger partial charge >= 0.3 is 0 Å². The maximum atomic E-state index is 12.4. The first kappa shape index (κ1) is 14.7. The Morgan fingerprint density at radius 1 is 1.22 bits per heavy atom. The molecule has 0 N–H and O–H groups in total. The van der Waals surface area contributed by atoms with Gasteiger partial charge in [0.05, 0.1) is 0 Å². The smallest absolute Gasteiger partial charge is 0.253 e. The minimum absolute atomic E-state index is 0.157. The molecule has 1 amide bonds. The van der Waals surface area contributed by atoms with E-state index in [-0.39, 0.29) is 5.91 Å². The van der Waals surface area contributed by atoms with E-state index in [1.54, 1.807) is 0 Å². The fraction of sp³-hybridized carbons (Fsp3) is 0.562. The molecule has 0 fully saturated rings. The van der Waals surface area contributed by atoms with Gasteiger partial charge in [-0.15, -0.1) is 0 Å². The number of amides is 1. The van der Waals surface area contributed by atoms with Gasteiger partial charge in [-0.1, -0.05) is 32.4 Å². The molecule has 0 aliphatic heterocycles. The summed E-state index contributed by atoms with van der Waals surface area (Å²) in [5, 5.41) is 0. The summed E-state index contributed by atoms with van der Waals surface area (Å²) in [6, 6.07) is 6.20. The fourth-order valence-electron chi connectivity index (χ4n) is 2.13. The second kappa shape index (κ2) is 6.58. The molecule has 0 unspecified atom stereocenters. The molecule has 0 saturated heterocycles. The Bertz CT molecular complexity index is 410. The molecule has 0 aromatic heterocycles. The van der Waals surface area contributed by atoms with E-state index in [0.717, 1.165) is 30.6 Å². The number of rotatable bonds is 5. The zero-order chi connectivity index (χ0) is 13.7. The third kappa shape index (κ3) is 3.59. The van der Waals surface area contributed by atoms with Gasteiger partial charge in [0, 0.05) is 18.7 Å². The SMILES string of the molecule is CCCN(CC)C(=O)c1cc(C)cc(C(C)C)c1.